The molecule has 0 fully saturated rings. The highest BCUT2D eigenvalue weighted by Crippen LogP contribution is 2.34. The van der Waals surface area contributed by atoms with E-state index in [0.717, 1.165) is 18.2 Å². The van der Waals surface area contributed by atoms with Crippen molar-refractivity contribution in [1.82, 2.24) is 4.98 Å². The Morgan fingerprint density at radius 1 is 1.09 bits per heavy atom. The normalized spacial score (nSPS) is 11.2. The van der Waals surface area contributed by atoms with Crippen LogP contribution in [0.2, 0.25) is 0 Å². The summed E-state index contributed by atoms with van der Waals surface area (Å²) in [6, 6.07) is 8.04. The van der Waals surface area contributed by atoms with Gasteiger partial charge in [-0.25, -0.2) is 4.39 Å². The Kier molecular flexibility index (Phi) is 7.04. The van der Waals surface area contributed by atoms with Gasteiger partial charge in [-0.15, -0.1) is 0 Å². The van der Waals surface area contributed by atoms with Gasteiger partial charge in [0.2, 0.25) is 11.8 Å². The smallest absolute Gasteiger partial charge is 0.417 e. The van der Waals surface area contributed by atoms with Crippen LogP contribution in [0.25, 0.3) is 11.1 Å². The molecular weight excluding hydrogens is 458 g/mol. The van der Waals surface area contributed by atoms with E-state index in [4.69, 9.17) is 10.5 Å². The number of hydrogen-bond acceptors (Lipinski definition) is 4. The van der Waals surface area contributed by atoms with Crippen molar-refractivity contribution in [3.05, 3.63) is 81.5 Å². The minimum absolute atomic E-state index is 0.000470. The molecule has 0 saturated carbocycles. The lowest BCUT2D eigenvalue weighted by Crippen LogP contribution is -2.20. The van der Waals surface area contributed by atoms with Gasteiger partial charge in [-0.2, -0.15) is 13.2 Å². The van der Waals surface area contributed by atoms with E-state index in [0.29, 0.717) is 17.2 Å². The van der Waals surface area contributed by atoms with E-state index in [2.05, 4.69) is 10.3 Å². The number of aromatic amines is 1. The molecule has 3 aromatic rings. The van der Waals surface area contributed by atoms with E-state index in [1.807, 2.05) is 0 Å². The number of rotatable bonds is 7. The van der Waals surface area contributed by atoms with Crippen molar-refractivity contribution in [2.24, 2.45) is 5.73 Å². The van der Waals surface area contributed by atoms with Gasteiger partial charge < -0.3 is 20.8 Å². The molecule has 4 N–H and O–H groups in total. The molecule has 1 heterocycles. The summed E-state index contributed by atoms with van der Waals surface area (Å²) in [5.74, 6) is -2.68. The van der Waals surface area contributed by atoms with Crippen LogP contribution in [-0.2, 0) is 17.4 Å². The number of pyridine rings is 1. The van der Waals surface area contributed by atoms with Crippen molar-refractivity contribution in [2.75, 3.05) is 11.9 Å². The van der Waals surface area contributed by atoms with Crippen LogP contribution >= 0.6 is 0 Å². The van der Waals surface area contributed by atoms with Crippen molar-refractivity contribution >= 4 is 17.5 Å². The highest BCUT2D eigenvalue weighted by atomic mass is 19.4. The van der Waals surface area contributed by atoms with Gasteiger partial charge in [0.1, 0.15) is 5.82 Å². The standard InChI is InChI=1S/C23H19F4N3O4/c1-2-34-19-8-14(11-29-22(19)33)12-3-4-13(18(24)7-12)9-20(31)30-15-5-6-16(21(28)32)17(10-15)23(25,26)27/h3-8,10-11H,2,9H2,1H3,(H2,28,32)(H,29,33)(H,30,31). The summed E-state index contributed by atoms with van der Waals surface area (Å²) in [7, 11) is 0. The number of carbonyl (C=O) groups is 2. The molecule has 0 bridgehead atoms. The van der Waals surface area contributed by atoms with E-state index in [-0.39, 0.29) is 23.6 Å². The number of primary amides is 1. The third kappa shape index (κ3) is 5.61. The number of benzene rings is 2. The largest absolute Gasteiger partial charge is 0.488 e. The molecule has 11 heteroatoms. The fourth-order valence-electron chi connectivity index (χ4n) is 3.21. The van der Waals surface area contributed by atoms with E-state index < -0.39 is 46.9 Å². The van der Waals surface area contributed by atoms with Crippen LogP contribution < -0.4 is 21.3 Å². The molecule has 2 amide bonds. The summed E-state index contributed by atoms with van der Waals surface area (Å²) in [4.78, 5) is 37.8. The zero-order chi connectivity index (χ0) is 25.0. The summed E-state index contributed by atoms with van der Waals surface area (Å²) in [5.41, 5.74) is 3.18. The minimum atomic E-state index is -4.86. The molecule has 7 nitrogen and oxygen atoms in total. The number of ether oxygens (including phenoxy) is 1. The van der Waals surface area contributed by atoms with Gasteiger partial charge in [-0.05, 0) is 48.4 Å². The summed E-state index contributed by atoms with van der Waals surface area (Å²) in [6.45, 7) is 1.98. The molecule has 0 radical (unpaired) electrons. The predicted octanol–water partition coefficient (Wildman–Crippen LogP) is 3.88. The Morgan fingerprint density at radius 2 is 1.82 bits per heavy atom. The number of amides is 2. The maximum atomic E-state index is 14.6. The molecule has 1 aromatic heterocycles. The van der Waals surface area contributed by atoms with Gasteiger partial charge in [0.25, 0.3) is 5.56 Å². The van der Waals surface area contributed by atoms with Gasteiger partial charge in [0.05, 0.1) is 24.2 Å². The molecule has 0 atom stereocenters. The monoisotopic (exact) mass is 477 g/mol. The number of hydrogen-bond donors (Lipinski definition) is 3. The molecule has 0 spiro atoms. The first-order chi connectivity index (χ1) is 16.0. The van der Waals surface area contributed by atoms with Crippen molar-refractivity contribution in [1.29, 1.82) is 0 Å². The highest BCUT2D eigenvalue weighted by Gasteiger charge is 2.35. The zero-order valence-electron chi connectivity index (χ0n) is 17.8. The lowest BCUT2D eigenvalue weighted by molar-refractivity contribution is -0.137. The topological polar surface area (TPSA) is 114 Å². The summed E-state index contributed by atoms with van der Waals surface area (Å²) < 4.78 is 59.5. The van der Waals surface area contributed by atoms with Crippen molar-refractivity contribution in [3.8, 4) is 16.9 Å². The minimum Gasteiger partial charge on any atom is -0.488 e. The fourth-order valence-corrected chi connectivity index (χ4v) is 3.21. The SMILES string of the molecule is CCOc1cc(-c2ccc(CC(=O)Nc3ccc(C(N)=O)c(C(F)(F)F)c3)c(F)c2)c[nH]c1=O. The summed E-state index contributed by atoms with van der Waals surface area (Å²) in [5, 5.41) is 2.26. The fraction of sp³-hybridized carbons (Fsp3) is 0.174. The lowest BCUT2D eigenvalue weighted by atomic mass is 10.0. The molecule has 0 unspecified atom stereocenters. The number of alkyl halides is 3. The first kappa shape index (κ1) is 24.5. The Morgan fingerprint density at radius 3 is 2.44 bits per heavy atom. The van der Waals surface area contributed by atoms with Crippen LogP contribution in [0.15, 0.2) is 53.5 Å². The maximum absolute atomic E-state index is 14.6. The molecule has 34 heavy (non-hydrogen) atoms. The maximum Gasteiger partial charge on any atom is 0.417 e. The van der Waals surface area contributed by atoms with Crippen molar-refractivity contribution in [2.45, 2.75) is 19.5 Å². The van der Waals surface area contributed by atoms with Crippen LogP contribution in [0.5, 0.6) is 5.75 Å². The number of halogens is 4. The third-order valence-electron chi connectivity index (χ3n) is 4.78. The average molecular weight is 477 g/mol. The van der Waals surface area contributed by atoms with Gasteiger partial charge in [0, 0.05) is 17.4 Å². The van der Waals surface area contributed by atoms with Crippen molar-refractivity contribution < 1.29 is 31.9 Å². The number of H-pyrrole nitrogens is 1. The highest BCUT2D eigenvalue weighted by molar-refractivity contribution is 5.97. The quantitative estimate of drug-likeness (QED) is 0.448. The van der Waals surface area contributed by atoms with E-state index in [1.54, 1.807) is 6.92 Å². The van der Waals surface area contributed by atoms with Gasteiger partial charge in [0.15, 0.2) is 5.75 Å². The number of anilines is 1. The van der Waals surface area contributed by atoms with Crippen LogP contribution in [0.1, 0.15) is 28.4 Å². The van der Waals surface area contributed by atoms with E-state index in [9.17, 15) is 31.9 Å². The second-order valence-electron chi connectivity index (χ2n) is 7.17. The third-order valence-corrected chi connectivity index (χ3v) is 4.78. The van der Waals surface area contributed by atoms with Crippen molar-refractivity contribution in [3.63, 3.8) is 0 Å². The molecule has 0 aliphatic heterocycles. The Bertz CT molecular complexity index is 1300. The van der Waals surface area contributed by atoms with Gasteiger partial charge in [-0.3, -0.25) is 14.4 Å². The van der Waals surface area contributed by atoms with Crippen LogP contribution in [-0.4, -0.2) is 23.4 Å². The molecule has 0 saturated heterocycles. The molecule has 2 aromatic carbocycles. The Balaban J connectivity index is 1.78. The number of nitrogens with one attached hydrogen (secondary N) is 2. The number of aromatic nitrogens is 1. The first-order valence-electron chi connectivity index (χ1n) is 9.94. The number of nitrogens with two attached hydrogens (primary N) is 1. The average Bonchev–Trinajstić information content (AvgIpc) is 2.76. The number of carbonyl (C=O) groups excluding carboxylic acids is 2. The van der Waals surface area contributed by atoms with Gasteiger partial charge >= 0.3 is 6.18 Å². The predicted molar refractivity (Wildman–Crippen MR) is 116 cm³/mol. The van der Waals surface area contributed by atoms with Crippen LogP contribution in [0, 0.1) is 5.82 Å². The molecule has 3 rings (SSSR count). The molecule has 0 aliphatic carbocycles. The summed E-state index contributed by atoms with van der Waals surface area (Å²) >= 11 is 0. The van der Waals surface area contributed by atoms with E-state index >= 15 is 0 Å². The second-order valence-corrected chi connectivity index (χ2v) is 7.17. The molecule has 178 valence electrons. The first-order valence-corrected chi connectivity index (χ1v) is 9.94. The van der Waals surface area contributed by atoms with Crippen LogP contribution in [0.3, 0.4) is 0 Å². The lowest BCUT2D eigenvalue weighted by Gasteiger charge is -2.13. The molecular formula is C23H19F4N3O4. The second kappa shape index (κ2) is 9.77. The Hall–Kier alpha value is -4.15. The van der Waals surface area contributed by atoms with E-state index in [1.165, 1.54) is 24.4 Å². The molecule has 0 aliphatic rings. The van der Waals surface area contributed by atoms with Crippen LogP contribution in [0.4, 0.5) is 23.2 Å². The summed E-state index contributed by atoms with van der Waals surface area (Å²) in [6.07, 6.45) is -3.93. The Labute approximate surface area is 190 Å². The zero-order valence-corrected chi connectivity index (χ0v) is 17.8. The van der Waals surface area contributed by atoms with Gasteiger partial charge in [-0.1, -0.05) is 12.1 Å².